The SMILES string of the molecule is CCOC(=O)C1CCCCN1c1cncc(OC)n1. The zero-order valence-corrected chi connectivity index (χ0v) is 11.3. The molecule has 1 atom stereocenters. The van der Waals surface area contributed by atoms with Crippen molar-refractivity contribution >= 4 is 11.8 Å². The number of nitrogens with zero attached hydrogens (tertiary/aromatic N) is 3. The maximum atomic E-state index is 12.0. The Bertz CT molecular complexity index is 439. The van der Waals surface area contributed by atoms with Gasteiger partial charge in [-0.15, -0.1) is 0 Å². The smallest absolute Gasteiger partial charge is 0.328 e. The largest absolute Gasteiger partial charge is 0.480 e. The third-order valence-electron chi connectivity index (χ3n) is 3.16. The Morgan fingerprint density at radius 3 is 3.05 bits per heavy atom. The van der Waals surface area contributed by atoms with E-state index in [0.717, 1.165) is 25.8 Å². The summed E-state index contributed by atoms with van der Waals surface area (Å²) in [5.74, 6) is 0.926. The maximum Gasteiger partial charge on any atom is 0.328 e. The molecule has 6 heteroatoms. The van der Waals surface area contributed by atoms with E-state index in [9.17, 15) is 4.79 Å². The molecule has 0 bridgehead atoms. The summed E-state index contributed by atoms with van der Waals surface area (Å²) in [5, 5.41) is 0. The lowest BCUT2D eigenvalue weighted by Gasteiger charge is -2.34. The van der Waals surface area contributed by atoms with E-state index in [-0.39, 0.29) is 12.0 Å². The fraction of sp³-hybridized carbons (Fsp3) is 0.615. The number of hydrogen-bond donors (Lipinski definition) is 0. The fourth-order valence-corrected chi connectivity index (χ4v) is 2.26. The highest BCUT2D eigenvalue weighted by Gasteiger charge is 2.31. The Morgan fingerprint density at radius 1 is 1.47 bits per heavy atom. The molecular formula is C13H19N3O3. The first-order chi connectivity index (χ1) is 9.26. The van der Waals surface area contributed by atoms with Crippen molar-refractivity contribution in [2.75, 3.05) is 25.2 Å². The summed E-state index contributed by atoms with van der Waals surface area (Å²) in [7, 11) is 1.55. The number of carbonyl (C=O) groups is 1. The predicted molar refractivity (Wildman–Crippen MR) is 70.2 cm³/mol. The lowest BCUT2D eigenvalue weighted by molar-refractivity contribution is -0.145. The lowest BCUT2D eigenvalue weighted by atomic mass is 10.0. The number of rotatable bonds is 4. The highest BCUT2D eigenvalue weighted by Crippen LogP contribution is 2.24. The molecule has 0 aromatic carbocycles. The Balaban J connectivity index is 2.20. The second-order valence-electron chi connectivity index (χ2n) is 4.38. The Labute approximate surface area is 112 Å². The van der Waals surface area contributed by atoms with Gasteiger partial charge in [0.15, 0.2) is 5.82 Å². The van der Waals surface area contributed by atoms with E-state index in [0.29, 0.717) is 18.3 Å². The molecule has 104 valence electrons. The van der Waals surface area contributed by atoms with Crippen LogP contribution in [-0.2, 0) is 9.53 Å². The van der Waals surface area contributed by atoms with Gasteiger partial charge in [0.2, 0.25) is 5.88 Å². The number of ether oxygens (including phenoxy) is 2. The van der Waals surface area contributed by atoms with Crippen molar-refractivity contribution in [3.8, 4) is 5.88 Å². The Hall–Kier alpha value is -1.85. The van der Waals surface area contributed by atoms with Crippen molar-refractivity contribution in [3.05, 3.63) is 12.4 Å². The summed E-state index contributed by atoms with van der Waals surface area (Å²) in [6, 6.07) is -0.268. The number of methoxy groups -OCH3 is 1. The number of esters is 1. The highest BCUT2D eigenvalue weighted by molar-refractivity contribution is 5.79. The van der Waals surface area contributed by atoms with Gasteiger partial charge in [-0.25, -0.2) is 4.79 Å². The van der Waals surface area contributed by atoms with Crippen LogP contribution >= 0.6 is 0 Å². The van der Waals surface area contributed by atoms with Gasteiger partial charge in [-0.05, 0) is 26.2 Å². The lowest BCUT2D eigenvalue weighted by Crippen LogP contribution is -2.46. The van der Waals surface area contributed by atoms with Gasteiger partial charge in [0.25, 0.3) is 0 Å². The van der Waals surface area contributed by atoms with Gasteiger partial charge in [-0.3, -0.25) is 4.98 Å². The van der Waals surface area contributed by atoms with Crippen LogP contribution in [0.15, 0.2) is 12.4 Å². The van der Waals surface area contributed by atoms with Crippen molar-refractivity contribution in [1.29, 1.82) is 0 Å². The standard InChI is InChI=1S/C13H19N3O3/c1-3-19-13(17)10-6-4-5-7-16(10)11-8-14-9-12(15-11)18-2/h8-10H,3-7H2,1-2H3. The molecule has 1 aromatic rings. The average Bonchev–Trinajstić information content (AvgIpc) is 2.47. The average molecular weight is 265 g/mol. The van der Waals surface area contributed by atoms with Crippen LogP contribution in [0.25, 0.3) is 0 Å². The van der Waals surface area contributed by atoms with Crippen molar-refractivity contribution in [1.82, 2.24) is 9.97 Å². The molecule has 0 saturated carbocycles. The van der Waals surface area contributed by atoms with Crippen LogP contribution in [0, 0.1) is 0 Å². The minimum absolute atomic E-state index is 0.188. The van der Waals surface area contributed by atoms with Gasteiger partial charge >= 0.3 is 5.97 Å². The molecule has 1 aromatic heterocycles. The molecule has 0 radical (unpaired) electrons. The van der Waals surface area contributed by atoms with Crippen LogP contribution in [-0.4, -0.2) is 42.2 Å². The van der Waals surface area contributed by atoms with Crippen LogP contribution in [0.5, 0.6) is 5.88 Å². The molecule has 1 aliphatic rings. The molecule has 1 fully saturated rings. The van der Waals surface area contributed by atoms with Crippen LogP contribution < -0.4 is 9.64 Å². The number of anilines is 1. The summed E-state index contributed by atoms with van der Waals surface area (Å²) in [5.41, 5.74) is 0. The van der Waals surface area contributed by atoms with Gasteiger partial charge in [0.05, 0.1) is 26.1 Å². The minimum atomic E-state index is -0.268. The van der Waals surface area contributed by atoms with Gasteiger partial charge in [-0.2, -0.15) is 4.98 Å². The Kier molecular flexibility index (Phi) is 4.54. The monoisotopic (exact) mass is 265 g/mol. The molecule has 0 amide bonds. The van der Waals surface area contributed by atoms with E-state index in [1.807, 2.05) is 11.8 Å². The molecule has 2 rings (SSSR count). The normalized spacial score (nSPS) is 19.1. The van der Waals surface area contributed by atoms with Crippen LogP contribution in [0.4, 0.5) is 5.82 Å². The molecular weight excluding hydrogens is 246 g/mol. The van der Waals surface area contributed by atoms with Crippen molar-refractivity contribution in [3.63, 3.8) is 0 Å². The molecule has 0 aliphatic carbocycles. The highest BCUT2D eigenvalue weighted by atomic mass is 16.5. The van der Waals surface area contributed by atoms with Gasteiger partial charge in [-0.1, -0.05) is 0 Å². The van der Waals surface area contributed by atoms with Gasteiger partial charge < -0.3 is 14.4 Å². The summed E-state index contributed by atoms with van der Waals surface area (Å²) < 4.78 is 10.2. The van der Waals surface area contributed by atoms with E-state index in [2.05, 4.69) is 9.97 Å². The molecule has 6 nitrogen and oxygen atoms in total. The molecule has 19 heavy (non-hydrogen) atoms. The topological polar surface area (TPSA) is 64.5 Å². The van der Waals surface area contributed by atoms with E-state index in [1.165, 1.54) is 0 Å². The van der Waals surface area contributed by atoms with E-state index in [1.54, 1.807) is 19.5 Å². The van der Waals surface area contributed by atoms with E-state index in [4.69, 9.17) is 9.47 Å². The summed E-state index contributed by atoms with van der Waals surface area (Å²) in [6.45, 7) is 2.99. The minimum Gasteiger partial charge on any atom is -0.480 e. The number of hydrogen-bond acceptors (Lipinski definition) is 6. The van der Waals surface area contributed by atoms with Gasteiger partial charge in [0, 0.05) is 6.54 Å². The first kappa shape index (κ1) is 13.6. The van der Waals surface area contributed by atoms with Crippen molar-refractivity contribution < 1.29 is 14.3 Å². The van der Waals surface area contributed by atoms with Crippen LogP contribution in [0.3, 0.4) is 0 Å². The first-order valence-electron chi connectivity index (χ1n) is 6.55. The quantitative estimate of drug-likeness (QED) is 0.767. The van der Waals surface area contributed by atoms with Crippen LogP contribution in [0.2, 0.25) is 0 Å². The summed E-state index contributed by atoms with van der Waals surface area (Å²) in [4.78, 5) is 22.4. The van der Waals surface area contributed by atoms with Gasteiger partial charge in [0.1, 0.15) is 6.04 Å². The number of piperidine rings is 1. The number of carbonyl (C=O) groups excluding carboxylic acids is 1. The van der Waals surface area contributed by atoms with Crippen molar-refractivity contribution in [2.24, 2.45) is 0 Å². The van der Waals surface area contributed by atoms with Crippen LogP contribution in [0.1, 0.15) is 26.2 Å². The molecule has 1 unspecified atom stereocenters. The molecule has 1 aliphatic heterocycles. The second kappa shape index (κ2) is 6.36. The predicted octanol–water partition coefficient (Wildman–Crippen LogP) is 1.41. The second-order valence-corrected chi connectivity index (χ2v) is 4.38. The summed E-state index contributed by atoms with van der Waals surface area (Å²) in [6.07, 6.45) is 6.05. The molecule has 2 heterocycles. The Morgan fingerprint density at radius 2 is 2.32 bits per heavy atom. The summed E-state index contributed by atoms with van der Waals surface area (Å²) >= 11 is 0. The zero-order chi connectivity index (χ0) is 13.7. The zero-order valence-electron chi connectivity index (χ0n) is 11.3. The first-order valence-corrected chi connectivity index (χ1v) is 6.55. The third kappa shape index (κ3) is 3.13. The molecule has 1 saturated heterocycles. The van der Waals surface area contributed by atoms with E-state index < -0.39 is 0 Å². The van der Waals surface area contributed by atoms with E-state index >= 15 is 0 Å². The molecule has 0 spiro atoms. The molecule has 0 N–H and O–H groups in total. The number of aromatic nitrogens is 2. The fourth-order valence-electron chi connectivity index (χ4n) is 2.26. The third-order valence-corrected chi connectivity index (χ3v) is 3.16. The maximum absolute atomic E-state index is 12.0. The van der Waals surface area contributed by atoms with Crippen molar-refractivity contribution in [2.45, 2.75) is 32.2 Å².